The smallest absolute Gasteiger partial charge is 0.275 e. The number of aromatic nitrogens is 1. The third-order valence-corrected chi connectivity index (χ3v) is 5.94. The molecule has 0 saturated carbocycles. The van der Waals surface area contributed by atoms with Gasteiger partial charge in [0, 0.05) is 33.2 Å². The van der Waals surface area contributed by atoms with Crippen LogP contribution in [-0.2, 0) is 6.54 Å². The van der Waals surface area contributed by atoms with Crippen molar-refractivity contribution in [3.63, 3.8) is 0 Å². The van der Waals surface area contributed by atoms with Gasteiger partial charge < -0.3 is 9.30 Å². The molecular weight excluding hydrogens is 480 g/mol. The Bertz CT molecular complexity index is 1420. The highest BCUT2D eigenvalue weighted by Gasteiger charge is 2.14. The summed E-state index contributed by atoms with van der Waals surface area (Å²) < 4.78 is 8.24. The molecule has 1 N–H and O–H groups in total. The molecule has 3 aromatic carbocycles. The molecule has 0 aliphatic rings. The van der Waals surface area contributed by atoms with Crippen molar-refractivity contribution < 1.29 is 9.53 Å². The first-order valence-corrected chi connectivity index (χ1v) is 11.0. The zero-order chi connectivity index (χ0) is 23.4. The van der Waals surface area contributed by atoms with Crippen molar-refractivity contribution in [2.75, 3.05) is 7.11 Å². The number of hydrazone groups is 1. The van der Waals surface area contributed by atoms with Crippen LogP contribution in [0.2, 0.25) is 0 Å². The first-order chi connectivity index (χ1) is 16.0. The molecule has 6 nitrogen and oxygen atoms in total. The van der Waals surface area contributed by atoms with Crippen LogP contribution in [-0.4, -0.2) is 23.8 Å². The molecule has 0 aliphatic carbocycles. The number of halogens is 1. The van der Waals surface area contributed by atoms with Crippen LogP contribution >= 0.6 is 15.9 Å². The zero-order valence-corrected chi connectivity index (χ0v) is 19.8. The van der Waals surface area contributed by atoms with Crippen molar-refractivity contribution >= 4 is 39.0 Å². The van der Waals surface area contributed by atoms with Gasteiger partial charge in [0.05, 0.1) is 30.5 Å². The van der Waals surface area contributed by atoms with Gasteiger partial charge >= 0.3 is 0 Å². The normalized spacial score (nSPS) is 11.0. The van der Waals surface area contributed by atoms with Crippen LogP contribution in [0, 0.1) is 18.3 Å². The van der Waals surface area contributed by atoms with Gasteiger partial charge in [0.2, 0.25) is 0 Å². The second kappa shape index (κ2) is 9.72. The van der Waals surface area contributed by atoms with Crippen molar-refractivity contribution in [3.05, 3.63) is 99.2 Å². The van der Waals surface area contributed by atoms with Crippen molar-refractivity contribution in [1.82, 2.24) is 9.99 Å². The predicted octanol–water partition coefficient (Wildman–Crippen LogP) is 5.40. The van der Waals surface area contributed by atoms with Crippen molar-refractivity contribution in [3.8, 4) is 11.8 Å². The third kappa shape index (κ3) is 4.66. The van der Waals surface area contributed by atoms with Gasteiger partial charge in [-0.05, 0) is 48.9 Å². The Kier molecular flexibility index (Phi) is 6.57. The Morgan fingerprint density at radius 3 is 2.79 bits per heavy atom. The Morgan fingerprint density at radius 2 is 2.00 bits per heavy atom. The van der Waals surface area contributed by atoms with E-state index in [0.717, 1.165) is 32.2 Å². The van der Waals surface area contributed by atoms with Crippen LogP contribution in [0.4, 0.5) is 0 Å². The van der Waals surface area contributed by atoms with Crippen molar-refractivity contribution in [2.24, 2.45) is 5.10 Å². The van der Waals surface area contributed by atoms with E-state index in [4.69, 9.17) is 4.74 Å². The first kappa shape index (κ1) is 22.3. The minimum atomic E-state index is -0.362. The van der Waals surface area contributed by atoms with E-state index in [2.05, 4.69) is 43.2 Å². The van der Waals surface area contributed by atoms with Crippen LogP contribution < -0.4 is 10.2 Å². The van der Waals surface area contributed by atoms with E-state index in [1.165, 1.54) is 7.11 Å². The monoisotopic (exact) mass is 500 g/mol. The maximum Gasteiger partial charge on any atom is 0.275 e. The Balaban J connectivity index is 1.64. The number of hydrogen-bond donors (Lipinski definition) is 1. The number of hydrogen-bond acceptors (Lipinski definition) is 4. The van der Waals surface area contributed by atoms with Gasteiger partial charge in [0.15, 0.2) is 0 Å². The SMILES string of the molecule is COc1ccc(Br)cc1C(=O)N/N=C\c1c(C)n(Cc2cccc(C#N)c2)c2ccccc12. The van der Waals surface area contributed by atoms with Gasteiger partial charge in [-0.2, -0.15) is 10.4 Å². The number of methoxy groups -OCH3 is 1. The average molecular weight is 501 g/mol. The summed E-state index contributed by atoms with van der Waals surface area (Å²) in [5.74, 6) is 0.109. The fourth-order valence-corrected chi connectivity index (χ4v) is 4.18. The summed E-state index contributed by atoms with van der Waals surface area (Å²) in [6, 6.07) is 23.1. The second-order valence-electron chi connectivity index (χ2n) is 7.46. The standard InChI is InChI=1S/C26H21BrN4O2/c1-17-23(15-29-30-26(32)22-13-20(27)10-11-25(22)33-2)21-8-3-4-9-24(21)31(17)16-19-7-5-6-18(12-19)14-28/h3-13,15H,16H2,1-2H3,(H,30,32)/b29-15-. The van der Waals surface area contributed by atoms with E-state index in [1.807, 2.05) is 49.4 Å². The maximum absolute atomic E-state index is 12.7. The number of para-hydroxylation sites is 1. The summed E-state index contributed by atoms with van der Waals surface area (Å²) in [4.78, 5) is 12.7. The molecule has 7 heteroatoms. The number of fused-ring (bicyclic) bond motifs is 1. The molecule has 0 bridgehead atoms. The van der Waals surface area contributed by atoms with E-state index in [9.17, 15) is 10.1 Å². The molecule has 1 heterocycles. The van der Waals surface area contributed by atoms with E-state index in [0.29, 0.717) is 23.4 Å². The maximum atomic E-state index is 12.7. The lowest BCUT2D eigenvalue weighted by atomic mass is 10.1. The van der Waals surface area contributed by atoms with Gasteiger partial charge in [0.1, 0.15) is 5.75 Å². The summed E-state index contributed by atoms with van der Waals surface area (Å²) in [6.07, 6.45) is 1.67. The summed E-state index contributed by atoms with van der Waals surface area (Å²) >= 11 is 3.38. The van der Waals surface area contributed by atoms with Crippen LogP contribution in [0.25, 0.3) is 10.9 Å². The zero-order valence-electron chi connectivity index (χ0n) is 18.2. The van der Waals surface area contributed by atoms with Gasteiger partial charge in [-0.25, -0.2) is 5.43 Å². The molecule has 0 aliphatic heterocycles. The van der Waals surface area contributed by atoms with E-state index < -0.39 is 0 Å². The highest BCUT2D eigenvalue weighted by molar-refractivity contribution is 9.10. The number of nitrogens with one attached hydrogen (secondary N) is 1. The number of rotatable bonds is 6. The Hall–Kier alpha value is -3.89. The molecule has 164 valence electrons. The highest BCUT2D eigenvalue weighted by atomic mass is 79.9. The number of amides is 1. The molecule has 1 aromatic heterocycles. The molecule has 4 aromatic rings. The van der Waals surface area contributed by atoms with Gasteiger partial charge in [-0.15, -0.1) is 0 Å². The fraction of sp³-hybridized carbons (Fsp3) is 0.115. The van der Waals surface area contributed by atoms with E-state index in [1.54, 1.807) is 24.4 Å². The Labute approximate surface area is 200 Å². The second-order valence-corrected chi connectivity index (χ2v) is 8.37. The lowest BCUT2D eigenvalue weighted by Crippen LogP contribution is -2.18. The summed E-state index contributed by atoms with van der Waals surface area (Å²) in [5.41, 5.74) is 7.65. The topological polar surface area (TPSA) is 79.4 Å². The van der Waals surface area contributed by atoms with Crippen LogP contribution in [0.3, 0.4) is 0 Å². The summed E-state index contributed by atoms with van der Waals surface area (Å²) in [7, 11) is 1.52. The number of nitriles is 1. The molecule has 0 radical (unpaired) electrons. The van der Waals surface area contributed by atoms with Crippen molar-refractivity contribution in [1.29, 1.82) is 5.26 Å². The molecule has 0 atom stereocenters. The molecule has 0 saturated heterocycles. The van der Waals surface area contributed by atoms with Crippen LogP contribution in [0.5, 0.6) is 5.75 Å². The first-order valence-electron chi connectivity index (χ1n) is 10.3. The van der Waals surface area contributed by atoms with Crippen LogP contribution in [0.15, 0.2) is 76.3 Å². The largest absolute Gasteiger partial charge is 0.496 e. The Morgan fingerprint density at radius 1 is 1.18 bits per heavy atom. The third-order valence-electron chi connectivity index (χ3n) is 5.44. The average Bonchev–Trinajstić information content (AvgIpc) is 3.10. The predicted molar refractivity (Wildman–Crippen MR) is 133 cm³/mol. The van der Waals surface area contributed by atoms with Gasteiger partial charge in [0.25, 0.3) is 5.91 Å². The van der Waals surface area contributed by atoms with Gasteiger partial charge in [-0.1, -0.05) is 46.3 Å². The molecule has 33 heavy (non-hydrogen) atoms. The fourth-order valence-electron chi connectivity index (χ4n) is 3.82. The quantitative estimate of drug-likeness (QED) is 0.284. The molecule has 0 spiro atoms. The lowest BCUT2D eigenvalue weighted by molar-refractivity contribution is 0.0952. The molecule has 0 fully saturated rings. The summed E-state index contributed by atoms with van der Waals surface area (Å²) in [6.45, 7) is 2.64. The number of carbonyl (C=O) groups is 1. The molecule has 4 rings (SSSR count). The lowest BCUT2D eigenvalue weighted by Gasteiger charge is -2.09. The minimum absolute atomic E-state index is 0.362. The van der Waals surface area contributed by atoms with E-state index in [-0.39, 0.29) is 5.91 Å². The number of carbonyl (C=O) groups excluding carboxylic acids is 1. The number of nitrogens with zero attached hydrogens (tertiary/aromatic N) is 3. The molecule has 0 unspecified atom stereocenters. The minimum Gasteiger partial charge on any atom is -0.496 e. The summed E-state index contributed by atoms with van der Waals surface area (Å²) in [5, 5.41) is 14.5. The van der Waals surface area contributed by atoms with E-state index >= 15 is 0 Å². The van der Waals surface area contributed by atoms with Crippen LogP contribution in [0.1, 0.15) is 32.7 Å². The highest BCUT2D eigenvalue weighted by Crippen LogP contribution is 2.26. The molecule has 1 amide bonds. The molecular formula is C26H21BrN4O2. The number of benzene rings is 3. The van der Waals surface area contributed by atoms with Crippen molar-refractivity contribution in [2.45, 2.75) is 13.5 Å². The van der Waals surface area contributed by atoms with Gasteiger partial charge in [-0.3, -0.25) is 4.79 Å². The number of ether oxygens (including phenoxy) is 1.